The minimum Gasteiger partial charge on any atom is -0.481 e. The van der Waals surface area contributed by atoms with Gasteiger partial charge in [0.25, 0.3) is 0 Å². The Morgan fingerprint density at radius 1 is 1.39 bits per heavy atom. The summed E-state index contributed by atoms with van der Waals surface area (Å²) in [5.41, 5.74) is 0.822. The molecule has 2 aromatic rings. The molecular weight excluding hydrogens is 462 g/mol. The van der Waals surface area contributed by atoms with Gasteiger partial charge in [0, 0.05) is 32.4 Å². The first-order valence-corrected chi connectivity index (χ1v) is 14.6. The molecular formula is C17H28BrN5O3SSi. The maximum absolute atomic E-state index is 12.0. The van der Waals surface area contributed by atoms with E-state index in [9.17, 15) is 9.90 Å². The molecule has 0 bridgehead atoms. The highest BCUT2D eigenvalue weighted by Crippen LogP contribution is 2.33. The molecule has 156 valence electrons. The van der Waals surface area contributed by atoms with Crippen molar-refractivity contribution in [2.75, 3.05) is 6.61 Å². The maximum Gasteiger partial charge on any atom is 0.307 e. The van der Waals surface area contributed by atoms with Crippen molar-refractivity contribution in [3.05, 3.63) is 20.8 Å². The molecule has 28 heavy (non-hydrogen) atoms. The lowest BCUT2D eigenvalue weighted by molar-refractivity contribution is -0.144. The topological polar surface area (TPSA) is 103 Å². The summed E-state index contributed by atoms with van der Waals surface area (Å²) in [6.07, 6.45) is 0.451. The molecule has 0 amide bonds. The van der Waals surface area contributed by atoms with Crippen LogP contribution in [0.25, 0.3) is 0 Å². The largest absolute Gasteiger partial charge is 0.481 e. The number of hydrogen-bond acceptors (Lipinski definition) is 7. The zero-order valence-corrected chi connectivity index (χ0v) is 20.3. The predicted molar refractivity (Wildman–Crippen MR) is 114 cm³/mol. The number of ether oxygens (including phenoxy) is 1. The van der Waals surface area contributed by atoms with E-state index in [1.807, 2.05) is 19.2 Å². The van der Waals surface area contributed by atoms with Crippen LogP contribution in [-0.2, 0) is 22.7 Å². The highest BCUT2D eigenvalue weighted by molar-refractivity contribution is 9.11. The lowest BCUT2D eigenvalue weighted by Gasteiger charge is -2.25. The summed E-state index contributed by atoms with van der Waals surface area (Å²) in [5.74, 6) is -1.45. The Kier molecular flexibility index (Phi) is 8.28. The van der Waals surface area contributed by atoms with Crippen molar-refractivity contribution in [1.29, 1.82) is 0 Å². The number of carbonyl (C=O) groups is 1. The highest BCUT2D eigenvalue weighted by atomic mass is 79.9. The third-order valence-electron chi connectivity index (χ3n) is 4.49. The van der Waals surface area contributed by atoms with Crippen LogP contribution in [0.15, 0.2) is 9.30 Å². The molecule has 2 heterocycles. The molecule has 2 atom stereocenters. The van der Waals surface area contributed by atoms with Gasteiger partial charge >= 0.3 is 5.97 Å². The summed E-state index contributed by atoms with van der Waals surface area (Å²) in [4.78, 5) is 16.5. The third kappa shape index (κ3) is 6.71. The van der Waals surface area contributed by atoms with Gasteiger partial charge in [0.1, 0.15) is 6.73 Å². The van der Waals surface area contributed by atoms with Gasteiger partial charge in [-0.2, -0.15) is 0 Å². The Labute approximate surface area is 178 Å². The van der Waals surface area contributed by atoms with E-state index in [-0.39, 0.29) is 12.6 Å². The minimum absolute atomic E-state index is 0.0810. The molecule has 0 aromatic carbocycles. The monoisotopic (exact) mass is 489 g/mol. The second-order valence-corrected chi connectivity index (χ2v) is 16.2. The van der Waals surface area contributed by atoms with Crippen molar-refractivity contribution in [3.8, 4) is 0 Å². The zero-order valence-electron chi connectivity index (χ0n) is 16.9. The van der Waals surface area contributed by atoms with E-state index in [0.29, 0.717) is 18.9 Å². The summed E-state index contributed by atoms with van der Waals surface area (Å²) >= 11 is 4.84. The van der Waals surface area contributed by atoms with Crippen LogP contribution >= 0.6 is 27.3 Å². The van der Waals surface area contributed by atoms with Crippen molar-refractivity contribution >= 4 is 41.3 Å². The Morgan fingerprint density at radius 2 is 2.11 bits per heavy atom. The quantitative estimate of drug-likeness (QED) is 0.377. The van der Waals surface area contributed by atoms with Gasteiger partial charge in [-0.1, -0.05) is 33.5 Å². The first-order chi connectivity index (χ1) is 13.1. The number of carboxylic acid groups (broad SMARTS) is 1. The van der Waals surface area contributed by atoms with Crippen LogP contribution in [0.3, 0.4) is 0 Å². The van der Waals surface area contributed by atoms with Crippen LogP contribution < -0.4 is 0 Å². The lowest BCUT2D eigenvalue weighted by Crippen LogP contribution is -2.31. The summed E-state index contributed by atoms with van der Waals surface area (Å²) in [6, 6.07) is 1.05. The smallest absolute Gasteiger partial charge is 0.307 e. The number of nitrogens with zero attached hydrogens (tertiary/aromatic N) is 5. The maximum atomic E-state index is 12.0. The molecule has 0 aliphatic rings. The fourth-order valence-corrected chi connectivity index (χ4v) is 4.82. The van der Waals surface area contributed by atoms with Gasteiger partial charge < -0.3 is 9.84 Å². The first-order valence-electron chi connectivity index (χ1n) is 9.25. The number of halogens is 1. The first kappa shape index (κ1) is 23.1. The number of thiazole rings is 1. The SMILES string of the molecule is CC(C)[C@H](C(=O)O)[C@H](Cc1csc(Br)n1)c1nnnn1COCC[Si](C)(C)C. The molecule has 0 saturated heterocycles. The fraction of sp³-hybridized carbons (Fsp3) is 0.706. The Bertz CT molecular complexity index is 777. The number of aromatic nitrogens is 5. The van der Waals surface area contributed by atoms with Crippen LogP contribution in [0.5, 0.6) is 0 Å². The van der Waals surface area contributed by atoms with Gasteiger partial charge in [0.2, 0.25) is 0 Å². The molecule has 0 spiro atoms. The van der Waals surface area contributed by atoms with E-state index in [1.165, 1.54) is 11.3 Å². The fourth-order valence-electron chi connectivity index (χ4n) is 3.00. The standard InChI is InChI=1S/C17H28BrN5O3SSi/c1-11(2)14(16(24)25)13(8-12-9-27-17(18)19-12)15-20-21-22-23(15)10-26-6-7-28(3,4)5/h9,11,13-14H,6-8,10H2,1-5H3,(H,24,25)/t13-,14-/m0/s1. The van der Waals surface area contributed by atoms with Crippen LogP contribution in [0.2, 0.25) is 25.7 Å². The van der Waals surface area contributed by atoms with E-state index in [0.717, 1.165) is 15.7 Å². The van der Waals surface area contributed by atoms with Crippen LogP contribution in [0, 0.1) is 11.8 Å². The van der Waals surface area contributed by atoms with E-state index in [1.54, 1.807) is 4.68 Å². The van der Waals surface area contributed by atoms with Gasteiger partial charge in [-0.05, 0) is 38.3 Å². The molecule has 2 aromatic heterocycles. The normalized spacial score (nSPS) is 14.4. The number of rotatable bonds is 11. The number of aliphatic carboxylic acids is 1. The second-order valence-electron chi connectivity index (χ2n) is 8.40. The van der Waals surface area contributed by atoms with Gasteiger partial charge in [0.05, 0.1) is 11.6 Å². The minimum atomic E-state index is -1.19. The molecule has 2 rings (SSSR count). The molecule has 0 unspecified atom stereocenters. The Morgan fingerprint density at radius 3 is 2.64 bits per heavy atom. The van der Waals surface area contributed by atoms with E-state index in [4.69, 9.17) is 4.74 Å². The molecule has 0 radical (unpaired) electrons. The third-order valence-corrected chi connectivity index (χ3v) is 7.61. The van der Waals surface area contributed by atoms with Crippen molar-refractivity contribution in [1.82, 2.24) is 25.2 Å². The van der Waals surface area contributed by atoms with Gasteiger partial charge in [-0.15, -0.1) is 16.4 Å². The molecule has 11 heteroatoms. The summed E-state index contributed by atoms with van der Waals surface area (Å²) in [5, 5.41) is 23.8. The summed E-state index contributed by atoms with van der Waals surface area (Å²) < 4.78 is 8.13. The Hall–Kier alpha value is -1.17. The molecule has 0 aliphatic carbocycles. The van der Waals surface area contributed by atoms with Crippen molar-refractivity contribution in [2.45, 2.75) is 58.6 Å². The Balaban J connectivity index is 2.23. The zero-order chi connectivity index (χ0) is 20.9. The van der Waals surface area contributed by atoms with Crippen molar-refractivity contribution in [2.24, 2.45) is 11.8 Å². The average Bonchev–Trinajstić information content (AvgIpc) is 3.18. The van der Waals surface area contributed by atoms with Crippen LogP contribution in [0.4, 0.5) is 0 Å². The van der Waals surface area contributed by atoms with Crippen LogP contribution in [-0.4, -0.2) is 50.9 Å². The summed E-state index contributed by atoms with van der Waals surface area (Å²) in [7, 11) is -1.19. The van der Waals surface area contributed by atoms with E-state index in [2.05, 4.69) is 56.1 Å². The number of hydrogen-bond donors (Lipinski definition) is 1. The molecule has 8 nitrogen and oxygen atoms in total. The van der Waals surface area contributed by atoms with E-state index >= 15 is 0 Å². The number of tetrazole rings is 1. The molecule has 0 aliphatic heterocycles. The predicted octanol–water partition coefficient (Wildman–Crippen LogP) is 3.89. The molecule has 0 saturated carbocycles. The second kappa shape index (κ2) is 10.0. The molecule has 0 fully saturated rings. The van der Waals surface area contributed by atoms with Gasteiger partial charge in [-0.25, -0.2) is 9.67 Å². The average molecular weight is 491 g/mol. The van der Waals surface area contributed by atoms with Crippen molar-refractivity contribution < 1.29 is 14.6 Å². The lowest BCUT2D eigenvalue weighted by atomic mass is 9.80. The number of carboxylic acids is 1. The van der Waals surface area contributed by atoms with Crippen LogP contribution in [0.1, 0.15) is 31.3 Å². The highest BCUT2D eigenvalue weighted by Gasteiger charge is 2.36. The van der Waals surface area contributed by atoms with Gasteiger partial charge in [-0.3, -0.25) is 4.79 Å². The van der Waals surface area contributed by atoms with E-state index < -0.39 is 25.9 Å². The van der Waals surface area contributed by atoms with Crippen molar-refractivity contribution in [3.63, 3.8) is 0 Å². The summed E-state index contributed by atoms with van der Waals surface area (Å²) in [6.45, 7) is 11.5. The molecule has 1 N–H and O–H groups in total. The van der Waals surface area contributed by atoms with Gasteiger partial charge in [0.15, 0.2) is 9.74 Å².